The summed E-state index contributed by atoms with van der Waals surface area (Å²) in [4.78, 5) is 15.4. The number of nitrogens with zero attached hydrogens (tertiary/aromatic N) is 2. The quantitative estimate of drug-likeness (QED) is 0.355. The highest BCUT2D eigenvalue weighted by atomic mass is 32.2. The largest absolute Gasteiger partial charge is 0.378 e. The van der Waals surface area contributed by atoms with Crippen LogP contribution in [0.5, 0.6) is 0 Å². The van der Waals surface area contributed by atoms with Crippen LogP contribution in [0, 0.1) is 6.92 Å². The lowest BCUT2D eigenvalue weighted by Crippen LogP contribution is -2.47. The van der Waals surface area contributed by atoms with Crippen molar-refractivity contribution in [2.75, 3.05) is 47.4 Å². The van der Waals surface area contributed by atoms with E-state index < -0.39 is 22.3 Å². The van der Waals surface area contributed by atoms with Gasteiger partial charge in [-0.25, -0.2) is 4.31 Å². The van der Waals surface area contributed by atoms with Crippen LogP contribution in [-0.4, -0.2) is 57.8 Å². The van der Waals surface area contributed by atoms with Gasteiger partial charge >= 0.3 is 10.3 Å². The highest BCUT2D eigenvalue weighted by Gasteiger charge is 2.34. The Morgan fingerprint density at radius 2 is 1.76 bits per heavy atom. The number of nitrogens with one attached hydrogen (secondary N) is 1. The maximum absolute atomic E-state index is 13.2. The zero-order valence-electron chi connectivity index (χ0n) is 18.8. The Kier molecular flexibility index (Phi) is 8.67. The number of anilines is 3. The van der Waals surface area contributed by atoms with Crippen LogP contribution >= 0.6 is 0 Å². The molecular weight excluding hydrogens is 444 g/mol. The minimum atomic E-state index is -4.70. The first-order chi connectivity index (χ1) is 15.8. The van der Waals surface area contributed by atoms with Crippen LogP contribution in [0.4, 0.5) is 17.1 Å². The summed E-state index contributed by atoms with van der Waals surface area (Å²) in [6.45, 7) is 5.24. The zero-order chi connectivity index (χ0) is 23.8. The number of morpholine rings is 1. The van der Waals surface area contributed by atoms with Gasteiger partial charge in [0.25, 0.3) is 0 Å². The lowest BCUT2D eigenvalue weighted by molar-refractivity contribution is -0.117. The molecule has 1 heterocycles. The number of amides is 1. The van der Waals surface area contributed by atoms with Crippen molar-refractivity contribution in [3.05, 3.63) is 54.1 Å². The molecule has 4 N–H and O–H groups in total. The van der Waals surface area contributed by atoms with Gasteiger partial charge in [0.1, 0.15) is 6.04 Å². The Bertz CT molecular complexity index is 1010. The average Bonchev–Trinajstić information content (AvgIpc) is 2.80. The minimum Gasteiger partial charge on any atom is -0.378 e. The number of nitrogens with two attached hydrogens (primary N) is 1. The Balaban J connectivity index is 1.82. The van der Waals surface area contributed by atoms with Gasteiger partial charge in [-0.3, -0.25) is 9.35 Å². The second-order valence-corrected chi connectivity index (χ2v) is 9.33. The van der Waals surface area contributed by atoms with E-state index in [9.17, 15) is 17.8 Å². The van der Waals surface area contributed by atoms with E-state index in [-0.39, 0.29) is 12.1 Å². The normalized spacial score (nSPS) is 15.2. The summed E-state index contributed by atoms with van der Waals surface area (Å²) in [6, 6.07) is 12.8. The molecule has 0 radical (unpaired) electrons. The van der Waals surface area contributed by atoms with Gasteiger partial charge in [0.2, 0.25) is 5.91 Å². The maximum atomic E-state index is 13.2. The summed E-state index contributed by atoms with van der Waals surface area (Å²) >= 11 is 0. The maximum Gasteiger partial charge on any atom is 0.360 e. The topological polar surface area (TPSA) is 125 Å². The second-order valence-electron chi connectivity index (χ2n) is 8.04. The molecule has 180 valence electrons. The molecule has 0 saturated carbocycles. The Morgan fingerprint density at radius 1 is 1.12 bits per heavy atom. The molecule has 2 aromatic carbocycles. The SMILES string of the molecule is Cc1ccc(N([C@@H](CCCCN)C(=O)Nc2ccc(N3CCOCC3)cc2)S(=O)(=O)O)cc1. The third kappa shape index (κ3) is 6.91. The first-order valence-corrected chi connectivity index (χ1v) is 12.5. The van der Waals surface area contributed by atoms with Crippen molar-refractivity contribution in [2.45, 2.75) is 32.2 Å². The summed E-state index contributed by atoms with van der Waals surface area (Å²) in [5.41, 5.74) is 8.30. The Morgan fingerprint density at radius 3 is 2.33 bits per heavy atom. The van der Waals surface area contributed by atoms with Gasteiger partial charge in [-0.05, 0) is 69.1 Å². The van der Waals surface area contributed by atoms with Gasteiger partial charge in [-0.2, -0.15) is 8.42 Å². The molecule has 0 unspecified atom stereocenters. The van der Waals surface area contributed by atoms with Crippen molar-refractivity contribution in [3.63, 3.8) is 0 Å². The van der Waals surface area contributed by atoms with Gasteiger partial charge < -0.3 is 20.7 Å². The van der Waals surface area contributed by atoms with Crippen LogP contribution in [0.3, 0.4) is 0 Å². The molecule has 2 aromatic rings. The van der Waals surface area contributed by atoms with Gasteiger partial charge in [-0.15, -0.1) is 0 Å². The molecule has 0 spiro atoms. The summed E-state index contributed by atoms with van der Waals surface area (Å²) in [5, 5.41) is 2.80. The van der Waals surface area contributed by atoms with Crippen molar-refractivity contribution in [1.29, 1.82) is 0 Å². The van der Waals surface area contributed by atoms with Gasteiger partial charge in [0.15, 0.2) is 0 Å². The number of hydrogen-bond donors (Lipinski definition) is 3. The predicted molar refractivity (Wildman–Crippen MR) is 130 cm³/mol. The lowest BCUT2D eigenvalue weighted by Gasteiger charge is -2.30. The van der Waals surface area contributed by atoms with Crippen LogP contribution < -0.4 is 20.3 Å². The molecule has 0 aromatic heterocycles. The van der Waals surface area contributed by atoms with Gasteiger partial charge in [-0.1, -0.05) is 17.7 Å². The fourth-order valence-corrected chi connectivity index (χ4v) is 4.72. The van der Waals surface area contributed by atoms with Gasteiger partial charge in [0, 0.05) is 24.5 Å². The van der Waals surface area contributed by atoms with Crippen molar-refractivity contribution in [1.82, 2.24) is 0 Å². The third-order valence-electron chi connectivity index (χ3n) is 5.57. The second kappa shape index (κ2) is 11.5. The smallest absolute Gasteiger partial charge is 0.360 e. The number of aryl methyl sites for hydroxylation is 1. The number of benzene rings is 2. The van der Waals surface area contributed by atoms with E-state index in [1.54, 1.807) is 36.4 Å². The van der Waals surface area contributed by atoms with E-state index in [0.717, 1.165) is 28.6 Å². The molecule has 9 nitrogen and oxygen atoms in total. The van der Waals surface area contributed by atoms with E-state index in [1.807, 2.05) is 19.1 Å². The minimum absolute atomic E-state index is 0.211. The van der Waals surface area contributed by atoms with Crippen molar-refractivity contribution >= 4 is 33.3 Å². The highest BCUT2D eigenvalue weighted by molar-refractivity contribution is 7.87. The molecule has 33 heavy (non-hydrogen) atoms. The molecule has 3 rings (SSSR count). The van der Waals surface area contributed by atoms with E-state index in [0.29, 0.717) is 38.3 Å². The molecule has 0 bridgehead atoms. The van der Waals surface area contributed by atoms with E-state index in [4.69, 9.17) is 10.5 Å². The van der Waals surface area contributed by atoms with Crippen LogP contribution in [0.1, 0.15) is 24.8 Å². The van der Waals surface area contributed by atoms with Crippen LogP contribution in [0.2, 0.25) is 0 Å². The average molecular weight is 477 g/mol. The Labute approximate surface area is 195 Å². The first kappa shape index (κ1) is 25.0. The standard InChI is InChI=1S/C23H32N4O5S/c1-18-5-9-21(10-6-18)27(33(29,30)31)22(4-2-3-13-24)23(28)25-19-7-11-20(12-8-19)26-14-16-32-17-15-26/h5-12,22H,2-4,13-17,24H2,1H3,(H,25,28)(H,29,30,31)/t22-/m0/s1. The number of rotatable bonds is 10. The molecule has 1 atom stereocenters. The fourth-order valence-electron chi connectivity index (χ4n) is 3.81. The van der Waals surface area contributed by atoms with E-state index in [1.165, 1.54) is 0 Å². The first-order valence-electron chi connectivity index (χ1n) is 11.1. The van der Waals surface area contributed by atoms with E-state index >= 15 is 0 Å². The molecule has 1 aliphatic rings. The number of hydrogen-bond acceptors (Lipinski definition) is 6. The lowest BCUT2D eigenvalue weighted by atomic mass is 10.1. The van der Waals surface area contributed by atoms with Crippen LogP contribution in [-0.2, 0) is 19.8 Å². The van der Waals surface area contributed by atoms with Crippen molar-refractivity contribution in [2.24, 2.45) is 5.73 Å². The number of unbranched alkanes of at least 4 members (excludes halogenated alkanes) is 1. The summed E-state index contributed by atoms with van der Waals surface area (Å²) < 4.78 is 40.8. The molecular formula is C23H32N4O5S. The third-order valence-corrected chi connectivity index (χ3v) is 6.53. The van der Waals surface area contributed by atoms with Crippen LogP contribution in [0.15, 0.2) is 48.5 Å². The molecule has 1 saturated heterocycles. The fraction of sp³-hybridized carbons (Fsp3) is 0.435. The van der Waals surface area contributed by atoms with E-state index in [2.05, 4.69) is 10.2 Å². The Hall–Kier alpha value is -2.66. The molecule has 1 amide bonds. The number of carbonyl (C=O) groups is 1. The zero-order valence-corrected chi connectivity index (χ0v) is 19.6. The number of ether oxygens (including phenoxy) is 1. The summed E-state index contributed by atoms with van der Waals surface area (Å²) in [5.74, 6) is -0.524. The highest BCUT2D eigenvalue weighted by Crippen LogP contribution is 2.25. The summed E-state index contributed by atoms with van der Waals surface area (Å²) in [6.07, 6.45) is 1.37. The van der Waals surface area contributed by atoms with Crippen molar-refractivity contribution < 1.29 is 22.5 Å². The molecule has 0 aliphatic carbocycles. The van der Waals surface area contributed by atoms with Crippen LogP contribution in [0.25, 0.3) is 0 Å². The molecule has 1 aliphatic heterocycles. The molecule has 1 fully saturated rings. The predicted octanol–water partition coefficient (Wildman–Crippen LogP) is 2.58. The monoisotopic (exact) mass is 476 g/mol. The summed E-state index contributed by atoms with van der Waals surface area (Å²) in [7, 11) is -4.70. The molecule has 10 heteroatoms. The van der Waals surface area contributed by atoms with Gasteiger partial charge in [0.05, 0.1) is 18.9 Å². The number of carbonyl (C=O) groups excluding carboxylic acids is 1. The van der Waals surface area contributed by atoms with Crippen molar-refractivity contribution in [3.8, 4) is 0 Å².